The number of nitrogens with zero attached hydrogens (tertiary/aromatic N) is 4. The Kier molecular flexibility index (Phi) is 7.49. The molecule has 1 N–H and O–H groups in total. The number of para-hydroxylation sites is 1. The number of hydrogen-bond donors (Lipinski definition) is 1. The summed E-state index contributed by atoms with van der Waals surface area (Å²) in [6.45, 7) is 0.181. The molecule has 1 aromatic heterocycles. The number of carbonyl (C=O) groups is 2. The van der Waals surface area contributed by atoms with Gasteiger partial charge in [-0.2, -0.15) is 0 Å². The molecule has 0 aliphatic rings. The highest BCUT2D eigenvalue weighted by molar-refractivity contribution is 5.89. The lowest BCUT2D eigenvalue weighted by molar-refractivity contribution is -0.142. The van der Waals surface area contributed by atoms with Crippen LogP contribution in [0.3, 0.4) is 0 Å². The second kappa shape index (κ2) is 11.5. The van der Waals surface area contributed by atoms with Gasteiger partial charge in [-0.3, -0.25) is 9.59 Å². The number of fused-ring (bicyclic) bond motifs is 1. The lowest BCUT2D eigenvalue weighted by atomic mass is 10.0. The van der Waals surface area contributed by atoms with Gasteiger partial charge >= 0.3 is 0 Å². The molecule has 0 radical (unpaired) electrons. The van der Waals surface area contributed by atoms with Crippen LogP contribution in [-0.2, 0) is 29.2 Å². The van der Waals surface area contributed by atoms with Crippen molar-refractivity contribution in [1.29, 1.82) is 0 Å². The zero-order valence-corrected chi connectivity index (χ0v) is 20.6. The molecule has 0 unspecified atom stereocenters. The van der Waals surface area contributed by atoms with Gasteiger partial charge in [-0.1, -0.05) is 96.2 Å². The molecule has 0 saturated heterocycles. The summed E-state index contributed by atoms with van der Waals surface area (Å²) in [6.07, 6.45) is 0. The quantitative estimate of drug-likeness (QED) is 0.315. The summed E-state index contributed by atoms with van der Waals surface area (Å²) < 4.78 is 16.7. The molecule has 0 fully saturated rings. The standard InChI is InChI=1S/C30H26FN5O2/c31-25-16-8-7-15-24(25)29(30(38)32-19-22-11-3-1-4-12-22)35(20-23-13-5-2-6-14-23)28(37)21-36-27-18-10-9-17-26(27)33-34-36/h1-18,29H,19-21H2,(H,32,38)/t29-/m0/s1. The molecule has 0 aliphatic heterocycles. The summed E-state index contributed by atoms with van der Waals surface area (Å²) in [4.78, 5) is 29.0. The van der Waals surface area contributed by atoms with E-state index in [4.69, 9.17) is 0 Å². The smallest absolute Gasteiger partial charge is 0.247 e. The van der Waals surface area contributed by atoms with Gasteiger partial charge in [0.25, 0.3) is 0 Å². The first kappa shape index (κ1) is 24.8. The highest BCUT2D eigenvalue weighted by Gasteiger charge is 2.33. The summed E-state index contributed by atoms with van der Waals surface area (Å²) in [6, 6.07) is 30.9. The fourth-order valence-corrected chi connectivity index (χ4v) is 4.39. The first-order chi connectivity index (χ1) is 18.6. The number of halogens is 1. The van der Waals surface area contributed by atoms with Crippen LogP contribution in [0.5, 0.6) is 0 Å². The van der Waals surface area contributed by atoms with Crippen LogP contribution in [0.4, 0.5) is 4.39 Å². The maximum Gasteiger partial charge on any atom is 0.247 e. The maximum atomic E-state index is 15.2. The van der Waals surface area contributed by atoms with Crippen LogP contribution in [0.1, 0.15) is 22.7 Å². The first-order valence-electron chi connectivity index (χ1n) is 12.3. The summed E-state index contributed by atoms with van der Waals surface area (Å²) in [5, 5.41) is 11.2. The topological polar surface area (TPSA) is 80.1 Å². The van der Waals surface area contributed by atoms with E-state index in [0.717, 1.165) is 11.1 Å². The zero-order chi connectivity index (χ0) is 26.3. The van der Waals surface area contributed by atoms with E-state index in [1.54, 1.807) is 12.1 Å². The van der Waals surface area contributed by atoms with Crippen LogP contribution in [-0.4, -0.2) is 31.7 Å². The Morgan fingerprint density at radius 2 is 1.45 bits per heavy atom. The van der Waals surface area contributed by atoms with Crippen LogP contribution in [0.25, 0.3) is 11.0 Å². The van der Waals surface area contributed by atoms with Crippen molar-refractivity contribution in [3.05, 3.63) is 132 Å². The third-order valence-electron chi connectivity index (χ3n) is 6.29. The van der Waals surface area contributed by atoms with Crippen LogP contribution in [0.15, 0.2) is 109 Å². The Labute approximate surface area is 219 Å². The van der Waals surface area contributed by atoms with E-state index in [1.807, 2.05) is 84.9 Å². The van der Waals surface area contributed by atoms with Gasteiger partial charge in [0.1, 0.15) is 23.9 Å². The molecule has 38 heavy (non-hydrogen) atoms. The summed E-state index contributed by atoms with van der Waals surface area (Å²) >= 11 is 0. The molecule has 0 saturated carbocycles. The molecule has 1 heterocycles. The van der Waals surface area contributed by atoms with E-state index in [2.05, 4.69) is 15.6 Å². The largest absolute Gasteiger partial charge is 0.350 e. The molecule has 190 valence electrons. The molecule has 0 spiro atoms. The van der Waals surface area contributed by atoms with Crippen LogP contribution < -0.4 is 5.32 Å². The van der Waals surface area contributed by atoms with E-state index < -0.39 is 23.7 Å². The van der Waals surface area contributed by atoms with Gasteiger partial charge in [-0.05, 0) is 29.3 Å². The number of amides is 2. The van der Waals surface area contributed by atoms with Gasteiger partial charge < -0.3 is 10.2 Å². The van der Waals surface area contributed by atoms with Crippen molar-refractivity contribution in [2.45, 2.75) is 25.7 Å². The minimum Gasteiger partial charge on any atom is -0.350 e. The van der Waals surface area contributed by atoms with E-state index in [-0.39, 0.29) is 25.2 Å². The predicted octanol–water partition coefficient (Wildman–Crippen LogP) is 4.66. The highest BCUT2D eigenvalue weighted by Crippen LogP contribution is 2.27. The Bertz CT molecular complexity index is 1540. The molecule has 5 aromatic rings. The first-order valence-corrected chi connectivity index (χ1v) is 12.3. The van der Waals surface area contributed by atoms with Crippen molar-refractivity contribution in [3.63, 3.8) is 0 Å². The number of aromatic nitrogens is 3. The van der Waals surface area contributed by atoms with Gasteiger partial charge in [-0.25, -0.2) is 9.07 Å². The zero-order valence-electron chi connectivity index (χ0n) is 20.6. The van der Waals surface area contributed by atoms with Gasteiger partial charge in [0, 0.05) is 18.7 Å². The lowest BCUT2D eigenvalue weighted by Crippen LogP contribution is -2.44. The van der Waals surface area contributed by atoms with Crippen LogP contribution >= 0.6 is 0 Å². The molecular formula is C30H26FN5O2. The number of benzene rings is 4. The normalized spacial score (nSPS) is 11.7. The van der Waals surface area contributed by atoms with Crippen LogP contribution in [0.2, 0.25) is 0 Å². The molecule has 8 heteroatoms. The molecule has 7 nitrogen and oxygen atoms in total. The number of carbonyl (C=O) groups excluding carboxylic acids is 2. The van der Waals surface area contributed by atoms with E-state index in [9.17, 15) is 9.59 Å². The predicted molar refractivity (Wildman–Crippen MR) is 142 cm³/mol. The Hall–Kier alpha value is -4.85. The van der Waals surface area contributed by atoms with E-state index >= 15 is 4.39 Å². The second-order valence-corrected chi connectivity index (χ2v) is 8.87. The molecule has 0 bridgehead atoms. The van der Waals surface area contributed by atoms with Crippen molar-refractivity contribution in [1.82, 2.24) is 25.2 Å². The molecule has 4 aromatic carbocycles. The van der Waals surface area contributed by atoms with Gasteiger partial charge in [0.2, 0.25) is 11.8 Å². The summed E-state index contributed by atoms with van der Waals surface area (Å²) in [7, 11) is 0. The third kappa shape index (κ3) is 5.59. The molecule has 5 rings (SSSR count). The number of nitrogens with one attached hydrogen (secondary N) is 1. The van der Waals surface area contributed by atoms with Crippen LogP contribution in [0, 0.1) is 5.82 Å². The lowest BCUT2D eigenvalue weighted by Gasteiger charge is -2.32. The minimum absolute atomic E-state index is 0.101. The average molecular weight is 508 g/mol. The molecular weight excluding hydrogens is 481 g/mol. The Morgan fingerprint density at radius 1 is 0.816 bits per heavy atom. The maximum absolute atomic E-state index is 15.2. The van der Waals surface area contributed by atoms with Crippen molar-refractivity contribution in [2.75, 3.05) is 0 Å². The van der Waals surface area contributed by atoms with Gasteiger partial charge in [0.05, 0.1) is 5.52 Å². The fraction of sp³-hybridized carbons (Fsp3) is 0.133. The van der Waals surface area contributed by atoms with E-state index in [0.29, 0.717) is 11.0 Å². The van der Waals surface area contributed by atoms with E-state index in [1.165, 1.54) is 21.7 Å². The summed E-state index contributed by atoms with van der Waals surface area (Å²) in [5.41, 5.74) is 3.16. The Morgan fingerprint density at radius 3 is 2.18 bits per heavy atom. The third-order valence-corrected chi connectivity index (χ3v) is 6.29. The fourth-order valence-electron chi connectivity index (χ4n) is 4.39. The SMILES string of the molecule is O=C(NCc1ccccc1)[C@H](c1ccccc1F)N(Cc1ccccc1)C(=O)Cn1nnc2ccccc21. The minimum atomic E-state index is -1.21. The highest BCUT2D eigenvalue weighted by atomic mass is 19.1. The average Bonchev–Trinajstić information content (AvgIpc) is 3.36. The monoisotopic (exact) mass is 507 g/mol. The van der Waals surface area contributed by atoms with Crippen molar-refractivity contribution in [3.8, 4) is 0 Å². The second-order valence-electron chi connectivity index (χ2n) is 8.87. The summed E-state index contributed by atoms with van der Waals surface area (Å²) in [5.74, 6) is -1.44. The number of hydrogen-bond acceptors (Lipinski definition) is 4. The van der Waals surface area contributed by atoms with Crippen molar-refractivity contribution < 1.29 is 14.0 Å². The van der Waals surface area contributed by atoms with Crippen molar-refractivity contribution in [2.24, 2.45) is 0 Å². The Balaban J connectivity index is 1.52. The van der Waals surface area contributed by atoms with Gasteiger partial charge in [-0.15, -0.1) is 5.10 Å². The molecule has 0 aliphatic carbocycles. The van der Waals surface area contributed by atoms with Gasteiger partial charge in [0.15, 0.2) is 0 Å². The number of rotatable bonds is 9. The van der Waals surface area contributed by atoms with Crippen molar-refractivity contribution >= 4 is 22.8 Å². The molecule has 2 amide bonds. The molecule has 1 atom stereocenters.